The summed E-state index contributed by atoms with van der Waals surface area (Å²) in [6, 6.07) is 8.81. The summed E-state index contributed by atoms with van der Waals surface area (Å²) < 4.78 is 5.30. The summed E-state index contributed by atoms with van der Waals surface area (Å²) in [5.41, 5.74) is 8.63. The highest BCUT2D eigenvalue weighted by molar-refractivity contribution is 5.25. The van der Waals surface area contributed by atoms with E-state index in [4.69, 9.17) is 10.5 Å². The van der Waals surface area contributed by atoms with Crippen molar-refractivity contribution in [3.05, 3.63) is 35.4 Å². The molecule has 90 valence electrons. The van der Waals surface area contributed by atoms with E-state index in [1.807, 2.05) is 6.92 Å². The summed E-state index contributed by atoms with van der Waals surface area (Å²) in [5, 5.41) is 0. The fraction of sp³-hybridized carbons (Fsp3) is 0.571. The Hall–Kier alpha value is -0.860. The van der Waals surface area contributed by atoms with Crippen molar-refractivity contribution in [1.29, 1.82) is 0 Å². The van der Waals surface area contributed by atoms with Crippen LogP contribution in [0.4, 0.5) is 0 Å². The molecule has 0 fully saturated rings. The molecule has 0 saturated carbocycles. The van der Waals surface area contributed by atoms with Crippen molar-refractivity contribution in [2.75, 3.05) is 13.2 Å². The molecule has 0 spiro atoms. The Morgan fingerprint density at radius 2 is 1.81 bits per heavy atom. The minimum Gasteiger partial charge on any atom is -0.380 e. The molecule has 0 aliphatic carbocycles. The topological polar surface area (TPSA) is 35.2 Å². The third kappa shape index (κ3) is 4.33. The number of benzene rings is 1. The quantitative estimate of drug-likeness (QED) is 0.801. The molecular formula is C14H23NO. The van der Waals surface area contributed by atoms with Gasteiger partial charge in [-0.15, -0.1) is 0 Å². The molecule has 2 N–H and O–H groups in total. The SMILES string of the molecule is CCOCC(N)Cc1ccc(C(C)C)cc1. The van der Waals surface area contributed by atoms with Gasteiger partial charge in [-0.3, -0.25) is 0 Å². The van der Waals surface area contributed by atoms with Crippen LogP contribution in [0.3, 0.4) is 0 Å². The zero-order valence-corrected chi connectivity index (χ0v) is 10.6. The molecule has 0 aromatic heterocycles. The normalized spacial score (nSPS) is 13.1. The maximum atomic E-state index is 5.96. The van der Waals surface area contributed by atoms with Gasteiger partial charge in [0.1, 0.15) is 0 Å². The van der Waals surface area contributed by atoms with Crippen LogP contribution in [-0.2, 0) is 11.2 Å². The van der Waals surface area contributed by atoms with Crippen LogP contribution in [0.1, 0.15) is 37.8 Å². The van der Waals surface area contributed by atoms with Gasteiger partial charge in [-0.2, -0.15) is 0 Å². The summed E-state index contributed by atoms with van der Waals surface area (Å²) in [6.45, 7) is 7.78. The van der Waals surface area contributed by atoms with E-state index >= 15 is 0 Å². The Morgan fingerprint density at radius 3 is 2.31 bits per heavy atom. The van der Waals surface area contributed by atoms with Gasteiger partial charge < -0.3 is 10.5 Å². The van der Waals surface area contributed by atoms with Crippen LogP contribution in [-0.4, -0.2) is 19.3 Å². The first kappa shape index (κ1) is 13.2. The highest BCUT2D eigenvalue weighted by atomic mass is 16.5. The Kier molecular flexibility index (Phi) is 5.50. The molecule has 1 atom stereocenters. The highest BCUT2D eigenvalue weighted by Gasteiger charge is 2.04. The van der Waals surface area contributed by atoms with Crippen LogP contribution in [0.5, 0.6) is 0 Å². The first-order valence-corrected chi connectivity index (χ1v) is 6.05. The molecule has 1 rings (SSSR count). The van der Waals surface area contributed by atoms with Crippen LogP contribution < -0.4 is 5.73 Å². The van der Waals surface area contributed by atoms with Crippen LogP contribution in [0.2, 0.25) is 0 Å². The third-order valence-electron chi connectivity index (χ3n) is 2.68. The van der Waals surface area contributed by atoms with Crippen LogP contribution in [0, 0.1) is 0 Å². The second-order valence-electron chi connectivity index (χ2n) is 4.52. The van der Waals surface area contributed by atoms with E-state index in [1.54, 1.807) is 0 Å². The first-order valence-electron chi connectivity index (χ1n) is 6.05. The summed E-state index contributed by atoms with van der Waals surface area (Å²) >= 11 is 0. The Balaban J connectivity index is 2.48. The second-order valence-corrected chi connectivity index (χ2v) is 4.52. The van der Waals surface area contributed by atoms with Crippen LogP contribution >= 0.6 is 0 Å². The van der Waals surface area contributed by atoms with Crippen LogP contribution in [0.15, 0.2) is 24.3 Å². The molecular weight excluding hydrogens is 198 g/mol. The number of nitrogens with two attached hydrogens (primary N) is 1. The number of ether oxygens (including phenoxy) is 1. The molecule has 16 heavy (non-hydrogen) atoms. The Labute approximate surface area is 98.8 Å². The van der Waals surface area contributed by atoms with Crippen LogP contribution in [0.25, 0.3) is 0 Å². The van der Waals surface area contributed by atoms with Gasteiger partial charge in [0.25, 0.3) is 0 Å². The molecule has 1 unspecified atom stereocenters. The molecule has 1 aromatic carbocycles. The maximum Gasteiger partial charge on any atom is 0.0620 e. The van der Waals surface area contributed by atoms with Gasteiger partial charge in [-0.1, -0.05) is 38.1 Å². The minimum absolute atomic E-state index is 0.102. The number of hydrogen-bond donors (Lipinski definition) is 1. The molecule has 0 aliphatic heterocycles. The molecule has 0 saturated heterocycles. The maximum absolute atomic E-state index is 5.96. The molecule has 0 heterocycles. The Bertz CT molecular complexity index is 292. The minimum atomic E-state index is 0.102. The average molecular weight is 221 g/mol. The zero-order chi connectivity index (χ0) is 12.0. The van der Waals surface area contributed by atoms with Gasteiger partial charge in [0.05, 0.1) is 6.61 Å². The first-order chi connectivity index (χ1) is 7.63. The van der Waals surface area contributed by atoms with E-state index in [-0.39, 0.29) is 6.04 Å². The van der Waals surface area contributed by atoms with E-state index in [0.29, 0.717) is 12.5 Å². The summed E-state index contributed by atoms with van der Waals surface area (Å²) in [4.78, 5) is 0. The van der Waals surface area contributed by atoms with E-state index < -0.39 is 0 Å². The van der Waals surface area contributed by atoms with Gasteiger partial charge in [-0.05, 0) is 30.4 Å². The number of hydrogen-bond acceptors (Lipinski definition) is 2. The number of rotatable bonds is 6. The highest BCUT2D eigenvalue weighted by Crippen LogP contribution is 2.15. The van der Waals surface area contributed by atoms with Crippen molar-refractivity contribution in [3.63, 3.8) is 0 Å². The van der Waals surface area contributed by atoms with E-state index in [0.717, 1.165) is 13.0 Å². The van der Waals surface area contributed by atoms with E-state index in [9.17, 15) is 0 Å². The van der Waals surface area contributed by atoms with E-state index in [2.05, 4.69) is 38.1 Å². The lowest BCUT2D eigenvalue weighted by atomic mass is 9.99. The largest absolute Gasteiger partial charge is 0.380 e. The monoisotopic (exact) mass is 221 g/mol. The van der Waals surface area contributed by atoms with Gasteiger partial charge in [0.2, 0.25) is 0 Å². The van der Waals surface area contributed by atoms with Crippen molar-refractivity contribution in [2.24, 2.45) is 5.73 Å². The van der Waals surface area contributed by atoms with Crippen molar-refractivity contribution in [2.45, 2.75) is 39.2 Å². The third-order valence-corrected chi connectivity index (χ3v) is 2.68. The van der Waals surface area contributed by atoms with Gasteiger partial charge in [0, 0.05) is 12.6 Å². The standard InChI is InChI=1S/C14H23NO/c1-4-16-10-14(15)9-12-5-7-13(8-6-12)11(2)3/h5-8,11,14H,4,9-10,15H2,1-3H3. The lowest BCUT2D eigenvalue weighted by molar-refractivity contribution is 0.133. The van der Waals surface area contributed by atoms with Crippen molar-refractivity contribution >= 4 is 0 Å². The van der Waals surface area contributed by atoms with Gasteiger partial charge in [-0.25, -0.2) is 0 Å². The van der Waals surface area contributed by atoms with Gasteiger partial charge in [0.15, 0.2) is 0 Å². The average Bonchev–Trinajstić information content (AvgIpc) is 2.27. The second kappa shape index (κ2) is 6.66. The molecule has 2 nitrogen and oxygen atoms in total. The predicted octanol–water partition coefficient (Wildman–Crippen LogP) is 2.72. The van der Waals surface area contributed by atoms with Crippen molar-refractivity contribution in [3.8, 4) is 0 Å². The fourth-order valence-corrected chi connectivity index (χ4v) is 1.67. The molecule has 1 aromatic rings. The van der Waals surface area contributed by atoms with Crippen molar-refractivity contribution < 1.29 is 4.74 Å². The Morgan fingerprint density at radius 1 is 1.19 bits per heavy atom. The zero-order valence-electron chi connectivity index (χ0n) is 10.6. The summed E-state index contributed by atoms with van der Waals surface area (Å²) in [7, 11) is 0. The molecule has 0 aliphatic rings. The molecule has 2 heteroatoms. The van der Waals surface area contributed by atoms with Gasteiger partial charge >= 0.3 is 0 Å². The lowest BCUT2D eigenvalue weighted by Crippen LogP contribution is -2.28. The summed E-state index contributed by atoms with van der Waals surface area (Å²) in [5.74, 6) is 0.589. The smallest absolute Gasteiger partial charge is 0.0620 e. The molecule has 0 radical (unpaired) electrons. The lowest BCUT2D eigenvalue weighted by Gasteiger charge is -2.12. The molecule has 0 bridgehead atoms. The molecule has 0 amide bonds. The summed E-state index contributed by atoms with van der Waals surface area (Å²) in [6.07, 6.45) is 0.887. The predicted molar refractivity (Wildman–Crippen MR) is 68.7 cm³/mol. The fourth-order valence-electron chi connectivity index (χ4n) is 1.67. The van der Waals surface area contributed by atoms with Crippen molar-refractivity contribution in [1.82, 2.24) is 0 Å². The van der Waals surface area contributed by atoms with E-state index in [1.165, 1.54) is 11.1 Å².